The maximum atomic E-state index is 9.76. The molecule has 0 radical (unpaired) electrons. The molecule has 1 N–H and O–H groups in total. The van der Waals surface area contributed by atoms with Crippen LogP contribution in [-0.4, -0.2) is 22.8 Å². The van der Waals surface area contributed by atoms with Crippen LogP contribution in [0.1, 0.15) is 18.9 Å². The van der Waals surface area contributed by atoms with Crippen LogP contribution in [-0.2, 0) is 6.42 Å². The van der Waals surface area contributed by atoms with Gasteiger partial charge in [0, 0.05) is 6.42 Å². The van der Waals surface area contributed by atoms with E-state index in [-0.39, 0.29) is 0 Å². The maximum absolute atomic E-state index is 9.76. The smallest absolute Gasteiger partial charge is 0.138 e. The first-order valence-electron chi connectivity index (χ1n) is 5.14. The van der Waals surface area contributed by atoms with Crippen molar-refractivity contribution in [3.8, 4) is 5.75 Å². The molecule has 86 valence electrons. The summed E-state index contributed by atoms with van der Waals surface area (Å²) in [5, 5.41) is 10.7. The van der Waals surface area contributed by atoms with Crippen molar-refractivity contribution in [1.29, 1.82) is 0 Å². The van der Waals surface area contributed by atoms with Gasteiger partial charge in [-0.3, -0.25) is 0 Å². The monoisotopic (exact) mass is 237 g/mol. The highest BCUT2D eigenvalue weighted by Crippen LogP contribution is 2.32. The second kappa shape index (κ2) is 4.03. The Morgan fingerprint density at radius 2 is 2.19 bits per heavy atom. The summed E-state index contributed by atoms with van der Waals surface area (Å²) in [5.74, 6) is 0.844. The van der Waals surface area contributed by atoms with Gasteiger partial charge in [0.15, 0.2) is 0 Å². The second-order valence-electron chi connectivity index (χ2n) is 4.41. The van der Waals surface area contributed by atoms with E-state index in [0.717, 1.165) is 21.0 Å². The number of rotatable bonds is 3. The SMILES string of the molecule is COc1cccc2nc(CC(C)(C)O)sc12. The lowest BCUT2D eigenvalue weighted by molar-refractivity contribution is 0.0810. The lowest BCUT2D eigenvalue weighted by Gasteiger charge is -2.14. The van der Waals surface area contributed by atoms with Crippen LogP contribution in [0.5, 0.6) is 5.75 Å². The molecule has 0 amide bonds. The first-order valence-corrected chi connectivity index (χ1v) is 5.96. The third-order valence-corrected chi connectivity index (χ3v) is 3.31. The second-order valence-corrected chi connectivity index (χ2v) is 5.49. The fourth-order valence-corrected chi connectivity index (χ4v) is 2.85. The van der Waals surface area contributed by atoms with Gasteiger partial charge in [-0.05, 0) is 26.0 Å². The Balaban J connectivity index is 2.44. The Hall–Kier alpha value is -1.13. The summed E-state index contributed by atoms with van der Waals surface area (Å²) in [7, 11) is 1.66. The number of aliphatic hydroxyl groups is 1. The van der Waals surface area contributed by atoms with Gasteiger partial charge in [-0.25, -0.2) is 4.98 Å². The first-order chi connectivity index (χ1) is 7.49. The van der Waals surface area contributed by atoms with E-state index in [2.05, 4.69) is 4.98 Å². The van der Waals surface area contributed by atoms with Crippen molar-refractivity contribution in [3.05, 3.63) is 23.2 Å². The van der Waals surface area contributed by atoms with Gasteiger partial charge in [0.1, 0.15) is 5.75 Å². The average molecular weight is 237 g/mol. The fourth-order valence-electron chi connectivity index (χ4n) is 1.58. The number of methoxy groups -OCH3 is 1. The van der Waals surface area contributed by atoms with E-state index in [9.17, 15) is 5.11 Å². The normalized spacial score (nSPS) is 12.0. The summed E-state index contributed by atoms with van der Waals surface area (Å²) in [6.07, 6.45) is 0.565. The number of ether oxygens (including phenoxy) is 1. The van der Waals surface area contributed by atoms with Gasteiger partial charge in [0.2, 0.25) is 0 Å². The summed E-state index contributed by atoms with van der Waals surface area (Å²) < 4.78 is 6.32. The Bertz CT molecular complexity index is 499. The highest BCUT2D eigenvalue weighted by Gasteiger charge is 2.17. The van der Waals surface area contributed by atoms with E-state index < -0.39 is 5.60 Å². The molecule has 0 spiro atoms. The molecule has 0 saturated carbocycles. The van der Waals surface area contributed by atoms with Crippen LogP contribution in [0.3, 0.4) is 0 Å². The van der Waals surface area contributed by atoms with Gasteiger partial charge in [-0.2, -0.15) is 0 Å². The summed E-state index contributed by atoms with van der Waals surface area (Å²) >= 11 is 1.58. The first kappa shape index (κ1) is 11.4. The lowest BCUT2D eigenvalue weighted by atomic mass is 10.1. The van der Waals surface area contributed by atoms with Gasteiger partial charge < -0.3 is 9.84 Å². The molecule has 2 rings (SSSR count). The van der Waals surface area contributed by atoms with Crippen molar-refractivity contribution in [1.82, 2.24) is 4.98 Å². The third-order valence-electron chi connectivity index (χ3n) is 2.23. The summed E-state index contributed by atoms with van der Waals surface area (Å²) in [6.45, 7) is 3.58. The summed E-state index contributed by atoms with van der Waals surface area (Å²) in [5.41, 5.74) is 0.213. The van der Waals surface area contributed by atoms with Crippen LogP contribution >= 0.6 is 11.3 Å². The Morgan fingerprint density at radius 1 is 1.44 bits per heavy atom. The zero-order valence-electron chi connectivity index (χ0n) is 9.65. The van der Waals surface area contributed by atoms with Gasteiger partial charge in [0.25, 0.3) is 0 Å². The minimum atomic E-state index is -0.721. The fraction of sp³-hybridized carbons (Fsp3) is 0.417. The molecule has 1 aromatic carbocycles. The third kappa shape index (κ3) is 2.33. The molecule has 1 heterocycles. The molecule has 0 aliphatic rings. The molecule has 16 heavy (non-hydrogen) atoms. The molecule has 0 atom stereocenters. The largest absolute Gasteiger partial charge is 0.495 e. The average Bonchev–Trinajstić information content (AvgIpc) is 2.56. The van der Waals surface area contributed by atoms with Crippen molar-refractivity contribution in [3.63, 3.8) is 0 Å². The van der Waals surface area contributed by atoms with Crippen molar-refractivity contribution in [2.24, 2.45) is 0 Å². The zero-order chi connectivity index (χ0) is 11.8. The number of hydrogen-bond donors (Lipinski definition) is 1. The zero-order valence-corrected chi connectivity index (χ0v) is 10.5. The van der Waals surface area contributed by atoms with Crippen LogP contribution in [0.15, 0.2) is 18.2 Å². The Labute approximate surface area is 98.7 Å². The lowest BCUT2D eigenvalue weighted by Crippen LogP contribution is -2.21. The minimum absolute atomic E-state index is 0.565. The van der Waals surface area contributed by atoms with Crippen LogP contribution in [0.4, 0.5) is 0 Å². The van der Waals surface area contributed by atoms with Crippen molar-refractivity contribution < 1.29 is 9.84 Å². The van der Waals surface area contributed by atoms with E-state index in [1.165, 1.54) is 0 Å². The predicted octanol–water partition coefficient (Wildman–Crippen LogP) is 2.62. The molecule has 0 aliphatic carbocycles. The molecular weight excluding hydrogens is 222 g/mol. The Morgan fingerprint density at radius 3 is 2.81 bits per heavy atom. The molecule has 1 aromatic heterocycles. The van der Waals surface area contributed by atoms with E-state index in [1.807, 2.05) is 18.2 Å². The minimum Gasteiger partial charge on any atom is -0.495 e. The number of hydrogen-bond acceptors (Lipinski definition) is 4. The number of fused-ring (bicyclic) bond motifs is 1. The standard InChI is InChI=1S/C12H15NO2S/c1-12(2,14)7-10-13-8-5-4-6-9(15-3)11(8)16-10/h4-6,14H,7H2,1-3H3. The number of benzene rings is 1. The van der Waals surface area contributed by atoms with Gasteiger partial charge in [-0.1, -0.05) is 6.07 Å². The van der Waals surface area contributed by atoms with Crippen LogP contribution in [0, 0.1) is 0 Å². The highest BCUT2D eigenvalue weighted by molar-refractivity contribution is 7.19. The van der Waals surface area contributed by atoms with E-state index >= 15 is 0 Å². The van der Waals surface area contributed by atoms with Gasteiger partial charge >= 0.3 is 0 Å². The molecule has 0 unspecified atom stereocenters. The molecule has 0 bridgehead atoms. The van der Waals surface area contributed by atoms with Crippen LogP contribution in [0.2, 0.25) is 0 Å². The quantitative estimate of drug-likeness (QED) is 0.892. The van der Waals surface area contributed by atoms with Crippen LogP contribution in [0.25, 0.3) is 10.2 Å². The number of thiazole rings is 1. The van der Waals surface area contributed by atoms with Crippen molar-refractivity contribution >= 4 is 21.6 Å². The van der Waals surface area contributed by atoms with E-state index in [4.69, 9.17) is 4.74 Å². The topological polar surface area (TPSA) is 42.4 Å². The van der Waals surface area contributed by atoms with Gasteiger partial charge in [-0.15, -0.1) is 11.3 Å². The Kier molecular flexibility index (Phi) is 2.86. The summed E-state index contributed by atoms with van der Waals surface area (Å²) in [4.78, 5) is 4.49. The number of nitrogens with zero attached hydrogens (tertiary/aromatic N) is 1. The molecule has 0 aliphatic heterocycles. The molecule has 2 aromatic rings. The molecule has 3 nitrogen and oxygen atoms in total. The van der Waals surface area contributed by atoms with Gasteiger partial charge in [0.05, 0.1) is 27.9 Å². The predicted molar refractivity (Wildman–Crippen MR) is 66.2 cm³/mol. The molecule has 0 saturated heterocycles. The van der Waals surface area contributed by atoms with Crippen molar-refractivity contribution in [2.75, 3.05) is 7.11 Å². The molecular formula is C12H15NO2S. The van der Waals surface area contributed by atoms with E-state index in [1.54, 1.807) is 32.3 Å². The van der Waals surface area contributed by atoms with Crippen molar-refractivity contribution in [2.45, 2.75) is 25.9 Å². The van der Waals surface area contributed by atoms with E-state index in [0.29, 0.717) is 6.42 Å². The number of aromatic nitrogens is 1. The maximum Gasteiger partial charge on any atom is 0.138 e. The summed E-state index contributed by atoms with van der Waals surface area (Å²) in [6, 6.07) is 5.81. The molecule has 0 fully saturated rings. The van der Waals surface area contributed by atoms with Crippen LogP contribution < -0.4 is 4.74 Å². The highest BCUT2D eigenvalue weighted by atomic mass is 32.1. The molecule has 4 heteroatoms.